The van der Waals surface area contributed by atoms with Crippen molar-refractivity contribution in [1.29, 1.82) is 0 Å². The molecule has 2 aromatic rings. The van der Waals surface area contributed by atoms with Gasteiger partial charge in [-0.1, -0.05) is 60.7 Å². The van der Waals surface area contributed by atoms with Gasteiger partial charge in [0.2, 0.25) is 0 Å². The fourth-order valence-electron chi connectivity index (χ4n) is 3.79. The van der Waals surface area contributed by atoms with Gasteiger partial charge in [-0.05, 0) is 38.8 Å². The monoisotopic (exact) mass is 464 g/mol. The maximum atomic E-state index is 15.4. The normalized spacial score (nSPS) is 17.6. The van der Waals surface area contributed by atoms with E-state index in [1.165, 1.54) is 6.92 Å². The molecule has 0 aromatic heterocycles. The molecule has 1 heterocycles. The summed E-state index contributed by atoms with van der Waals surface area (Å²) in [4.78, 5) is 14.1. The summed E-state index contributed by atoms with van der Waals surface area (Å²) in [6, 6.07) is 18.9. The third-order valence-electron chi connectivity index (χ3n) is 5.52. The Morgan fingerprint density at radius 1 is 1.06 bits per heavy atom. The predicted octanol–water partition coefficient (Wildman–Crippen LogP) is 4.08. The molecule has 1 atom stereocenters. The van der Waals surface area contributed by atoms with Crippen LogP contribution >= 0.6 is 0 Å². The average molecular weight is 465 g/mol. The zero-order valence-electron chi connectivity index (χ0n) is 18.8. The molecule has 0 spiro atoms. The molecule has 1 N–H and O–H groups in total. The summed E-state index contributed by atoms with van der Waals surface area (Å²) in [5.41, 5.74) is -0.105. The molecule has 0 saturated carbocycles. The summed E-state index contributed by atoms with van der Waals surface area (Å²) < 4.78 is 50.1. The second kappa shape index (κ2) is 9.37. The number of halogens is 2. The molecule has 1 unspecified atom stereocenters. The van der Waals surface area contributed by atoms with Crippen LogP contribution in [-0.2, 0) is 20.5 Å². The molecule has 3 rings (SSSR count). The van der Waals surface area contributed by atoms with Gasteiger partial charge in [0, 0.05) is 13.1 Å². The van der Waals surface area contributed by atoms with Crippen LogP contribution in [0.2, 0.25) is 0 Å². The van der Waals surface area contributed by atoms with Gasteiger partial charge in [-0.25, -0.2) is 13.7 Å². The minimum Gasteiger partial charge on any atom is -0.462 e. The number of carbonyl (C=O) groups is 1. The smallest absolute Gasteiger partial charge is 0.379 e. The molecule has 0 amide bonds. The maximum absolute atomic E-state index is 15.4. The third kappa shape index (κ3) is 4.77. The molecule has 1 fully saturated rings. The Labute approximate surface area is 190 Å². The summed E-state index contributed by atoms with van der Waals surface area (Å²) in [6.07, 6.45) is 0. The predicted molar refractivity (Wildman–Crippen MR) is 122 cm³/mol. The summed E-state index contributed by atoms with van der Waals surface area (Å²) in [6.45, 7) is 6.06. The van der Waals surface area contributed by atoms with Crippen molar-refractivity contribution >= 4 is 17.0 Å². The zero-order chi connectivity index (χ0) is 23.6. The highest BCUT2D eigenvalue weighted by Crippen LogP contribution is 2.44. The van der Waals surface area contributed by atoms with Crippen molar-refractivity contribution in [2.24, 2.45) is 0 Å². The van der Waals surface area contributed by atoms with Crippen molar-refractivity contribution in [2.75, 3.05) is 19.7 Å². The lowest BCUT2D eigenvalue weighted by molar-refractivity contribution is -0.199. The SMILES string of the molecule is CCOC(=O)C(F)(F)C1(NS(=O)C(C)(C)C)CN(C(c2ccccc2)c2ccccc2)C1. The van der Waals surface area contributed by atoms with E-state index in [4.69, 9.17) is 0 Å². The molecule has 1 saturated heterocycles. The van der Waals surface area contributed by atoms with E-state index >= 15 is 8.78 Å². The van der Waals surface area contributed by atoms with Crippen molar-refractivity contribution in [3.63, 3.8) is 0 Å². The summed E-state index contributed by atoms with van der Waals surface area (Å²) in [5, 5.41) is 0. The molecule has 5 nitrogen and oxygen atoms in total. The Kier molecular flexibility index (Phi) is 7.17. The van der Waals surface area contributed by atoms with Crippen LogP contribution in [0.3, 0.4) is 0 Å². The maximum Gasteiger partial charge on any atom is 0.379 e. The fourth-order valence-corrected chi connectivity index (χ4v) is 4.71. The van der Waals surface area contributed by atoms with Crippen LogP contribution in [0, 0.1) is 0 Å². The number of likely N-dealkylation sites (tertiary alicyclic amines) is 1. The number of esters is 1. The number of ether oxygens (including phenoxy) is 1. The van der Waals surface area contributed by atoms with Gasteiger partial charge in [-0.2, -0.15) is 8.78 Å². The van der Waals surface area contributed by atoms with Gasteiger partial charge in [-0.3, -0.25) is 4.90 Å². The minimum absolute atomic E-state index is 0.159. The van der Waals surface area contributed by atoms with Crippen molar-refractivity contribution in [1.82, 2.24) is 9.62 Å². The number of benzene rings is 2. The number of alkyl halides is 2. The van der Waals surface area contributed by atoms with Crippen LogP contribution < -0.4 is 4.72 Å². The van der Waals surface area contributed by atoms with Crippen LogP contribution in [0.1, 0.15) is 44.9 Å². The van der Waals surface area contributed by atoms with E-state index < -0.39 is 33.2 Å². The van der Waals surface area contributed by atoms with Crippen LogP contribution in [0.15, 0.2) is 60.7 Å². The lowest BCUT2D eigenvalue weighted by atomic mass is 9.80. The van der Waals surface area contributed by atoms with Crippen LogP contribution in [-0.4, -0.2) is 51.0 Å². The molecule has 174 valence electrons. The van der Waals surface area contributed by atoms with Gasteiger partial charge in [0.15, 0.2) is 0 Å². The van der Waals surface area contributed by atoms with Crippen molar-refractivity contribution in [3.05, 3.63) is 71.8 Å². The first-order valence-corrected chi connectivity index (χ1v) is 11.8. The van der Waals surface area contributed by atoms with E-state index in [0.717, 1.165) is 11.1 Å². The highest BCUT2D eigenvalue weighted by Gasteiger charge is 2.67. The largest absolute Gasteiger partial charge is 0.462 e. The first-order chi connectivity index (χ1) is 15.0. The standard InChI is InChI=1S/C24H30F2N2O3S/c1-5-31-21(29)24(25,26)23(27-32(30)22(2,3)4)16-28(17-23)20(18-12-8-6-9-13-18)19-14-10-7-11-15-19/h6-15,20,27H,5,16-17H2,1-4H3. The summed E-state index contributed by atoms with van der Waals surface area (Å²) >= 11 is 0. The number of hydrogen-bond donors (Lipinski definition) is 1. The second-order valence-corrected chi connectivity index (χ2v) is 11.0. The third-order valence-corrected chi connectivity index (χ3v) is 7.21. The highest BCUT2D eigenvalue weighted by molar-refractivity contribution is 7.84. The van der Waals surface area contributed by atoms with Gasteiger partial charge in [-0.15, -0.1) is 0 Å². The van der Waals surface area contributed by atoms with E-state index in [2.05, 4.69) is 9.46 Å². The summed E-state index contributed by atoms with van der Waals surface area (Å²) in [7, 11) is -1.80. The van der Waals surface area contributed by atoms with Gasteiger partial charge >= 0.3 is 11.9 Å². The highest BCUT2D eigenvalue weighted by atomic mass is 32.2. The molecule has 0 radical (unpaired) electrons. The van der Waals surface area contributed by atoms with Crippen LogP contribution in [0.25, 0.3) is 0 Å². The minimum atomic E-state index is -3.85. The number of nitrogens with one attached hydrogen (secondary N) is 1. The Bertz CT molecular complexity index is 903. The number of carbonyl (C=O) groups excluding carboxylic acids is 1. The van der Waals surface area contributed by atoms with E-state index in [0.29, 0.717) is 0 Å². The number of rotatable bonds is 8. The summed E-state index contributed by atoms with van der Waals surface area (Å²) in [5.74, 6) is -5.45. The number of nitrogens with zero attached hydrogens (tertiary/aromatic N) is 1. The molecule has 0 aliphatic carbocycles. The molecular weight excluding hydrogens is 434 g/mol. The van der Waals surface area contributed by atoms with Crippen molar-refractivity contribution in [3.8, 4) is 0 Å². The van der Waals surface area contributed by atoms with E-state index in [9.17, 15) is 9.00 Å². The lowest BCUT2D eigenvalue weighted by Gasteiger charge is -2.55. The molecule has 0 bridgehead atoms. The van der Waals surface area contributed by atoms with Crippen molar-refractivity contribution in [2.45, 2.75) is 49.9 Å². The fraction of sp³-hybridized carbons (Fsp3) is 0.458. The molecule has 32 heavy (non-hydrogen) atoms. The Hall–Kier alpha value is -2.16. The lowest BCUT2D eigenvalue weighted by Crippen LogP contribution is -2.79. The topological polar surface area (TPSA) is 58.6 Å². The second-order valence-electron chi connectivity index (χ2n) is 8.99. The molecule has 2 aromatic carbocycles. The molecule has 1 aliphatic heterocycles. The Balaban J connectivity index is 1.97. The van der Waals surface area contributed by atoms with Crippen molar-refractivity contribution < 1.29 is 22.5 Å². The first kappa shape index (κ1) is 24.5. The van der Waals surface area contributed by atoms with Gasteiger partial charge in [0.25, 0.3) is 0 Å². The van der Waals surface area contributed by atoms with Gasteiger partial charge in [0.1, 0.15) is 5.54 Å². The van der Waals surface area contributed by atoms with E-state index in [-0.39, 0.29) is 25.7 Å². The van der Waals surface area contributed by atoms with Crippen LogP contribution in [0.4, 0.5) is 8.78 Å². The molecule has 1 aliphatic rings. The Morgan fingerprint density at radius 3 is 1.94 bits per heavy atom. The van der Waals surface area contributed by atoms with E-state index in [1.54, 1.807) is 20.8 Å². The molecule has 8 heteroatoms. The Morgan fingerprint density at radius 2 is 1.53 bits per heavy atom. The van der Waals surface area contributed by atoms with Crippen LogP contribution in [0.5, 0.6) is 0 Å². The van der Waals surface area contributed by atoms with Gasteiger partial charge in [0.05, 0.1) is 28.4 Å². The number of hydrogen-bond acceptors (Lipinski definition) is 4. The molecular formula is C24H30F2N2O3S. The quantitative estimate of drug-likeness (QED) is 0.598. The zero-order valence-corrected chi connectivity index (χ0v) is 19.6. The van der Waals surface area contributed by atoms with Gasteiger partial charge < -0.3 is 4.74 Å². The van der Waals surface area contributed by atoms with E-state index in [1.807, 2.05) is 65.6 Å². The average Bonchev–Trinajstić information content (AvgIpc) is 2.72. The first-order valence-electron chi connectivity index (χ1n) is 10.6.